The van der Waals surface area contributed by atoms with Crippen LogP contribution >= 0.6 is 0 Å². The largest absolute Gasteiger partial charge is 0.337 e. The first-order valence-corrected chi connectivity index (χ1v) is 11.7. The molecule has 1 unspecified atom stereocenters. The Morgan fingerprint density at radius 1 is 1.00 bits per heavy atom. The molecule has 1 aromatic carbocycles. The van der Waals surface area contributed by atoms with Gasteiger partial charge in [0, 0.05) is 37.2 Å². The Labute approximate surface area is 177 Å². The van der Waals surface area contributed by atoms with Crippen LogP contribution in [0.2, 0.25) is 0 Å². The van der Waals surface area contributed by atoms with Crippen molar-refractivity contribution in [2.24, 2.45) is 5.92 Å². The lowest BCUT2D eigenvalue weighted by Crippen LogP contribution is -2.53. The second-order valence-corrected chi connectivity index (χ2v) is 10.1. The summed E-state index contributed by atoms with van der Waals surface area (Å²) in [7, 11) is -3.13. The Bertz CT molecular complexity index is 1070. The first kappa shape index (κ1) is 21.5. The third kappa shape index (κ3) is 4.65. The summed E-state index contributed by atoms with van der Waals surface area (Å²) >= 11 is 0. The number of halogens is 3. The molecule has 0 saturated carbocycles. The minimum Gasteiger partial charge on any atom is -0.337 e. The van der Waals surface area contributed by atoms with E-state index in [4.69, 9.17) is 0 Å². The number of aromatic nitrogens is 2. The minimum absolute atomic E-state index is 0.0532. The summed E-state index contributed by atoms with van der Waals surface area (Å²) < 4.78 is 64.7. The number of piperazine rings is 1. The van der Waals surface area contributed by atoms with E-state index in [0.717, 1.165) is 24.5 Å². The quantitative estimate of drug-likeness (QED) is 0.707. The third-order valence-corrected chi connectivity index (χ3v) is 7.49. The molecule has 1 aromatic heterocycles. The molecule has 2 aliphatic heterocycles. The molecule has 31 heavy (non-hydrogen) atoms. The van der Waals surface area contributed by atoms with Crippen LogP contribution in [0.25, 0.3) is 0 Å². The SMILES string of the molecule is O=C(C1CCS(=O)(=O)CC1)N1CCN(c2ncc(F)cn2)CC1c1ccc(F)cc1F. The van der Waals surface area contributed by atoms with E-state index in [-0.39, 0.29) is 54.9 Å². The number of benzene rings is 1. The van der Waals surface area contributed by atoms with Crippen molar-refractivity contribution in [1.82, 2.24) is 14.9 Å². The normalized spacial score (nSPS) is 21.8. The van der Waals surface area contributed by atoms with Gasteiger partial charge in [-0.05, 0) is 18.9 Å². The highest BCUT2D eigenvalue weighted by Crippen LogP contribution is 2.32. The standard InChI is InChI=1S/C20H21F3N4O3S/c21-14-1-2-16(17(23)9-14)18-12-26(20-24-10-15(22)11-25-20)5-6-27(18)19(28)13-3-7-31(29,30)8-4-13/h1-2,9-11,13,18H,3-8,12H2. The molecule has 7 nitrogen and oxygen atoms in total. The Balaban J connectivity index is 1.62. The molecule has 166 valence electrons. The molecule has 0 radical (unpaired) electrons. The van der Waals surface area contributed by atoms with Gasteiger partial charge in [-0.3, -0.25) is 4.79 Å². The van der Waals surface area contributed by atoms with Crippen LogP contribution < -0.4 is 4.90 Å². The van der Waals surface area contributed by atoms with Crippen LogP contribution in [0.1, 0.15) is 24.4 Å². The lowest BCUT2D eigenvalue weighted by Gasteiger charge is -2.43. The predicted octanol–water partition coefficient (Wildman–Crippen LogP) is 2.11. The zero-order valence-corrected chi connectivity index (χ0v) is 17.4. The molecule has 2 aliphatic rings. The molecular formula is C20H21F3N4O3S. The van der Waals surface area contributed by atoms with Gasteiger partial charge in [-0.25, -0.2) is 31.6 Å². The minimum atomic E-state index is -3.13. The zero-order valence-electron chi connectivity index (χ0n) is 16.5. The van der Waals surface area contributed by atoms with E-state index >= 15 is 0 Å². The summed E-state index contributed by atoms with van der Waals surface area (Å²) in [6, 6.07) is 2.44. The number of amides is 1. The fourth-order valence-electron chi connectivity index (χ4n) is 4.11. The van der Waals surface area contributed by atoms with Crippen LogP contribution in [0.5, 0.6) is 0 Å². The van der Waals surface area contributed by atoms with E-state index in [0.29, 0.717) is 6.54 Å². The van der Waals surface area contributed by atoms with E-state index in [1.807, 2.05) is 0 Å². The van der Waals surface area contributed by atoms with E-state index in [9.17, 15) is 26.4 Å². The summed E-state index contributed by atoms with van der Waals surface area (Å²) in [6.07, 6.45) is 2.49. The predicted molar refractivity (Wildman–Crippen MR) is 106 cm³/mol. The Kier molecular flexibility index (Phi) is 5.87. The second kappa shape index (κ2) is 8.45. The number of hydrogen-bond acceptors (Lipinski definition) is 6. The summed E-state index contributed by atoms with van der Waals surface area (Å²) in [6.45, 7) is 0.678. The topological polar surface area (TPSA) is 83.5 Å². The molecule has 0 bridgehead atoms. The van der Waals surface area contributed by atoms with Crippen LogP contribution in [-0.4, -0.2) is 60.3 Å². The molecule has 0 N–H and O–H groups in total. The average molecular weight is 454 g/mol. The van der Waals surface area contributed by atoms with Crippen LogP contribution in [0.3, 0.4) is 0 Å². The highest BCUT2D eigenvalue weighted by Gasteiger charge is 2.38. The fourth-order valence-corrected chi connectivity index (χ4v) is 5.60. The number of anilines is 1. The second-order valence-electron chi connectivity index (χ2n) is 7.79. The van der Waals surface area contributed by atoms with Gasteiger partial charge in [0.1, 0.15) is 21.5 Å². The van der Waals surface area contributed by atoms with Crippen LogP contribution in [0.4, 0.5) is 19.1 Å². The highest BCUT2D eigenvalue weighted by atomic mass is 32.2. The van der Waals surface area contributed by atoms with E-state index in [1.165, 1.54) is 11.0 Å². The molecule has 2 fully saturated rings. The maximum absolute atomic E-state index is 14.6. The van der Waals surface area contributed by atoms with Crippen molar-refractivity contribution in [3.63, 3.8) is 0 Å². The summed E-state index contributed by atoms with van der Waals surface area (Å²) in [4.78, 5) is 24.4. The Hall–Kier alpha value is -2.69. The summed E-state index contributed by atoms with van der Waals surface area (Å²) in [5.41, 5.74) is 0.144. The molecular weight excluding hydrogens is 433 g/mol. The van der Waals surface area contributed by atoms with Crippen LogP contribution in [0.15, 0.2) is 30.6 Å². The average Bonchev–Trinajstić information content (AvgIpc) is 2.73. The van der Waals surface area contributed by atoms with E-state index in [1.54, 1.807) is 4.90 Å². The molecule has 0 aliphatic carbocycles. The van der Waals surface area contributed by atoms with Gasteiger partial charge in [0.2, 0.25) is 11.9 Å². The lowest BCUT2D eigenvalue weighted by molar-refractivity contribution is -0.139. The van der Waals surface area contributed by atoms with Crippen LogP contribution in [0, 0.1) is 23.4 Å². The van der Waals surface area contributed by atoms with Gasteiger partial charge in [0.25, 0.3) is 0 Å². The van der Waals surface area contributed by atoms with Crippen molar-refractivity contribution in [2.45, 2.75) is 18.9 Å². The first-order valence-electron chi connectivity index (χ1n) is 9.92. The van der Waals surface area contributed by atoms with Crippen molar-refractivity contribution >= 4 is 21.7 Å². The smallest absolute Gasteiger partial charge is 0.226 e. The lowest BCUT2D eigenvalue weighted by atomic mass is 9.96. The van der Waals surface area contributed by atoms with Crippen molar-refractivity contribution in [1.29, 1.82) is 0 Å². The van der Waals surface area contributed by atoms with Crippen molar-refractivity contribution in [3.05, 3.63) is 53.6 Å². The molecule has 1 atom stereocenters. The molecule has 0 spiro atoms. The third-order valence-electron chi connectivity index (χ3n) is 5.78. The van der Waals surface area contributed by atoms with Gasteiger partial charge in [0.05, 0.1) is 29.9 Å². The highest BCUT2D eigenvalue weighted by molar-refractivity contribution is 7.91. The zero-order chi connectivity index (χ0) is 22.2. The number of sulfone groups is 1. The summed E-state index contributed by atoms with van der Waals surface area (Å²) in [5.74, 6) is -2.69. The molecule has 2 saturated heterocycles. The molecule has 4 rings (SSSR count). The number of hydrogen-bond donors (Lipinski definition) is 0. The first-order chi connectivity index (χ1) is 14.7. The van der Waals surface area contributed by atoms with Crippen molar-refractivity contribution < 1.29 is 26.4 Å². The van der Waals surface area contributed by atoms with Gasteiger partial charge >= 0.3 is 0 Å². The maximum atomic E-state index is 14.6. The van der Waals surface area contributed by atoms with Gasteiger partial charge in [-0.15, -0.1) is 0 Å². The van der Waals surface area contributed by atoms with Crippen molar-refractivity contribution in [3.8, 4) is 0 Å². The van der Waals surface area contributed by atoms with Gasteiger partial charge in [0.15, 0.2) is 5.82 Å². The Morgan fingerprint density at radius 2 is 1.68 bits per heavy atom. The van der Waals surface area contributed by atoms with Gasteiger partial charge < -0.3 is 9.80 Å². The Morgan fingerprint density at radius 3 is 2.32 bits per heavy atom. The number of carbonyl (C=O) groups is 1. The molecule has 3 heterocycles. The molecule has 2 aromatic rings. The summed E-state index contributed by atoms with van der Waals surface area (Å²) in [5, 5.41) is 0. The van der Waals surface area contributed by atoms with Crippen molar-refractivity contribution in [2.75, 3.05) is 36.0 Å². The molecule has 1 amide bonds. The van der Waals surface area contributed by atoms with E-state index in [2.05, 4.69) is 9.97 Å². The number of carbonyl (C=O) groups excluding carboxylic acids is 1. The number of rotatable bonds is 3. The fraction of sp³-hybridized carbons (Fsp3) is 0.450. The molecule has 11 heteroatoms. The maximum Gasteiger partial charge on any atom is 0.226 e. The monoisotopic (exact) mass is 454 g/mol. The number of nitrogens with zero attached hydrogens (tertiary/aromatic N) is 4. The van der Waals surface area contributed by atoms with Crippen LogP contribution in [-0.2, 0) is 14.6 Å². The van der Waals surface area contributed by atoms with E-state index < -0.39 is 39.2 Å². The van der Waals surface area contributed by atoms with Gasteiger partial charge in [-0.2, -0.15) is 0 Å². The van der Waals surface area contributed by atoms with Gasteiger partial charge in [-0.1, -0.05) is 6.07 Å².